The molecular formula is C14H12N2O2. The van der Waals surface area contributed by atoms with Crippen LogP contribution in [0.3, 0.4) is 0 Å². The van der Waals surface area contributed by atoms with E-state index in [1.54, 1.807) is 36.4 Å². The lowest BCUT2D eigenvalue weighted by Crippen LogP contribution is -2.43. The van der Waals surface area contributed by atoms with E-state index in [0.29, 0.717) is 22.5 Å². The summed E-state index contributed by atoms with van der Waals surface area (Å²) in [5.74, 6) is -1.53. The molecule has 0 bridgehead atoms. The Bertz CT molecular complexity index is 573. The van der Waals surface area contributed by atoms with Crippen LogP contribution < -0.4 is 11.5 Å². The first-order chi connectivity index (χ1) is 8.61. The first kappa shape index (κ1) is 10.8. The molecule has 0 heterocycles. The van der Waals surface area contributed by atoms with Crippen molar-refractivity contribution >= 4 is 11.6 Å². The number of benzene rings is 1. The zero-order valence-electron chi connectivity index (χ0n) is 9.59. The lowest BCUT2D eigenvalue weighted by atomic mass is 9.69. The molecule has 2 aliphatic carbocycles. The third-order valence-electron chi connectivity index (χ3n) is 3.54. The number of ketones is 2. The minimum absolute atomic E-state index is 0.125. The van der Waals surface area contributed by atoms with Gasteiger partial charge in [0.2, 0.25) is 0 Å². The molecule has 0 amide bonds. The largest absolute Gasteiger partial charge is 0.401 e. The van der Waals surface area contributed by atoms with Gasteiger partial charge in [0.1, 0.15) is 0 Å². The predicted molar refractivity (Wildman–Crippen MR) is 66.6 cm³/mol. The van der Waals surface area contributed by atoms with Gasteiger partial charge in [-0.15, -0.1) is 0 Å². The fourth-order valence-corrected chi connectivity index (χ4v) is 2.64. The van der Waals surface area contributed by atoms with E-state index in [1.165, 1.54) is 0 Å². The summed E-state index contributed by atoms with van der Waals surface area (Å²) in [5, 5.41) is 0. The van der Waals surface area contributed by atoms with Crippen molar-refractivity contribution in [3.8, 4) is 0 Å². The molecule has 18 heavy (non-hydrogen) atoms. The van der Waals surface area contributed by atoms with Gasteiger partial charge < -0.3 is 11.5 Å². The van der Waals surface area contributed by atoms with Crippen LogP contribution in [0.1, 0.15) is 20.7 Å². The highest BCUT2D eigenvalue weighted by Crippen LogP contribution is 2.37. The molecule has 1 aromatic rings. The molecule has 2 aliphatic rings. The number of rotatable bonds is 0. The van der Waals surface area contributed by atoms with Gasteiger partial charge in [0.25, 0.3) is 0 Å². The second-order valence-electron chi connectivity index (χ2n) is 4.56. The summed E-state index contributed by atoms with van der Waals surface area (Å²) in [6.45, 7) is 0. The van der Waals surface area contributed by atoms with Crippen molar-refractivity contribution in [3.05, 3.63) is 58.9 Å². The van der Waals surface area contributed by atoms with Crippen LogP contribution in [-0.4, -0.2) is 11.6 Å². The molecule has 0 saturated carbocycles. The molecule has 4 N–H and O–H groups in total. The van der Waals surface area contributed by atoms with Crippen LogP contribution in [-0.2, 0) is 0 Å². The first-order valence-corrected chi connectivity index (χ1v) is 5.71. The first-order valence-electron chi connectivity index (χ1n) is 5.71. The molecule has 0 aromatic heterocycles. The van der Waals surface area contributed by atoms with E-state index in [0.717, 1.165) is 0 Å². The summed E-state index contributed by atoms with van der Waals surface area (Å²) >= 11 is 0. The number of carbonyl (C=O) groups excluding carboxylic acids is 2. The van der Waals surface area contributed by atoms with Crippen molar-refractivity contribution in [1.82, 2.24) is 0 Å². The zero-order chi connectivity index (χ0) is 12.9. The summed E-state index contributed by atoms with van der Waals surface area (Å²) < 4.78 is 0. The summed E-state index contributed by atoms with van der Waals surface area (Å²) in [5.41, 5.74) is 13.4. The quantitative estimate of drug-likeness (QED) is 0.708. The molecule has 4 heteroatoms. The molecule has 3 rings (SSSR count). The van der Waals surface area contributed by atoms with Gasteiger partial charge in [0.05, 0.1) is 11.8 Å². The van der Waals surface area contributed by atoms with Gasteiger partial charge in [0.15, 0.2) is 11.6 Å². The van der Waals surface area contributed by atoms with Crippen LogP contribution in [0.5, 0.6) is 0 Å². The monoisotopic (exact) mass is 240 g/mol. The van der Waals surface area contributed by atoms with E-state index in [-0.39, 0.29) is 11.6 Å². The molecule has 0 fully saturated rings. The van der Waals surface area contributed by atoms with Crippen molar-refractivity contribution in [2.24, 2.45) is 23.3 Å². The highest BCUT2D eigenvalue weighted by Gasteiger charge is 2.44. The predicted octanol–water partition coefficient (Wildman–Crippen LogP) is 0.997. The van der Waals surface area contributed by atoms with Crippen molar-refractivity contribution < 1.29 is 9.59 Å². The second-order valence-corrected chi connectivity index (χ2v) is 4.56. The molecule has 0 radical (unpaired) electrons. The summed E-state index contributed by atoms with van der Waals surface area (Å²) in [4.78, 5) is 24.8. The summed E-state index contributed by atoms with van der Waals surface area (Å²) in [7, 11) is 0. The number of allylic oxidation sites excluding steroid dienone is 4. The van der Waals surface area contributed by atoms with Crippen molar-refractivity contribution in [3.63, 3.8) is 0 Å². The Labute approximate surface area is 104 Å². The van der Waals surface area contributed by atoms with E-state index in [9.17, 15) is 9.59 Å². The Morgan fingerprint density at radius 3 is 1.56 bits per heavy atom. The molecule has 0 saturated heterocycles. The number of Topliss-reactive ketones (excluding diaryl/α,β-unsaturated/α-hetero) is 2. The number of nitrogens with two attached hydrogens (primary N) is 2. The van der Waals surface area contributed by atoms with Gasteiger partial charge in [-0.05, 0) is 12.2 Å². The lowest BCUT2D eigenvalue weighted by Gasteiger charge is -2.33. The Kier molecular flexibility index (Phi) is 2.13. The van der Waals surface area contributed by atoms with Crippen LogP contribution in [0.15, 0.2) is 47.8 Å². The van der Waals surface area contributed by atoms with Crippen LogP contribution in [0, 0.1) is 11.8 Å². The maximum Gasteiger partial charge on any atom is 0.173 e. The molecular weight excluding hydrogens is 228 g/mol. The van der Waals surface area contributed by atoms with Gasteiger partial charge in [0, 0.05) is 22.5 Å². The average molecular weight is 240 g/mol. The smallest absolute Gasteiger partial charge is 0.173 e. The topological polar surface area (TPSA) is 86.2 Å². The van der Waals surface area contributed by atoms with Crippen molar-refractivity contribution in [2.75, 3.05) is 0 Å². The normalized spacial score (nSPS) is 26.0. The van der Waals surface area contributed by atoms with Crippen LogP contribution >= 0.6 is 0 Å². The number of hydrogen-bond donors (Lipinski definition) is 2. The maximum absolute atomic E-state index is 12.4. The number of carbonyl (C=O) groups is 2. The van der Waals surface area contributed by atoms with Crippen LogP contribution in [0.4, 0.5) is 0 Å². The SMILES string of the molecule is NC1=CC=C(N)C2C(=O)c3ccccc3C(=O)C12. The third kappa shape index (κ3) is 1.26. The molecule has 90 valence electrons. The lowest BCUT2D eigenvalue weighted by molar-refractivity contribution is 0.0783. The number of fused-ring (bicyclic) bond motifs is 2. The van der Waals surface area contributed by atoms with Gasteiger partial charge in [-0.2, -0.15) is 0 Å². The Balaban J connectivity index is 2.24. The van der Waals surface area contributed by atoms with E-state index in [1.807, 2.05) is 0 Å². The highest BCUT2D eigenvalue weighted by atomic mass is 16.1. The average Bonchev–Trinajstić information content (AvgIpc) is 2.38. The summed E-state index contributed by atoms with van der Waals surface area (Å²) in [6, 6.07) is 6.81. The van der Waals surface area contributed by atoms with Crippen molar-refractivity contribution in [1.29, 1.82) is 0 Å². The zero-order valence-corrected chi connectivity index (χ0v) is 9.59. The molecule has 1 aromatic carbocycles. The van der Waals surface area contributed by atoms with Crippen LogP contribution in [0.25, 0.3) is 0 Å². The Morgan fingerprint density at radius 1 is 0.778 bits per heavy atom. The molecule has 2 unspecified atom stereocenters. The minimum atomic E-state index is -0.641. The Morgan fingerprint density at radius 2 is 1.17 bits per heavy atom. The highest BCUT2D eigenvalue weighted by molar-refractivity contribution is 6.18. The van der Waals surface area contributed by atoms with Crippen molar-refractivity contribution in [2.45, 2.75) is 0 Å². The minimum Gasteiger partial charge on any atom is -0.401 e. The van der Waals surface area contributed by atoms with E-state index < -0.39 is 11.8 Å². The van der Waals surface area contributed by atoms with Gasteiger partial charge in [-0.3, -0.25) is 9.59 Å². The van der Waals surface area contributed by atoms with E-state index in [2.05, 4.69) is 0 Å². The Hall–Kier alpha value is -2.36. The molecule has 4 nitrogen and oxygen atoms in total. The molecule has 0 spiro atoms. The van der Waals surface area contributed by atoms with E-state index >= 15 is 0 Å². The molecule has 0 aliphatic heterocycles. The number of hydrogen-bond acceptors (Lipinski definition) is 4. The second kappa shape index (κ2) is 3.57. The van der Waals surface area contributed by atoms with Gasteiger partial charge >= 0.3 is 0 Å². The maximum atomic E-state index is 12.4. The van der Waals surface area contributed by atoms with Gasteiger partial charge in [-0.1, -0.05) is 24.3 Å². The molecule has 2 atom stereocenters. The van der Waals surface area contributed by atoms with Crippen LogP contribution in [0.2, 0.25) is 0 Å². The summed E-state index contributed by atoms with van der Waals surface area (Å²) in [6.07, 6.45) is 3.21. The fraction of sp³-hybridized carbons (Fsp3) is 0.143. The third-order valence-corrected chi connectivity index (χ3v) is 3.54. The van der Waals surface area contributed by atoms with E-state index in [4.69, 9.17) is 11.5 Å². The van der Waals surface area contributed by atoms with Gasteiger partial charge in [-0.25, -0.2) is 0 Å². The fourth-order valence-electron chi connectivity index (χ4n) is 2.64. The standard InChI is InChI=1S/C14H12N2O2/c15-9-5-6-10(16)12-11(9)13(17)7-3-1-2-4-8(7)14(12)18/h1-6,11-12H,15-16H2.